The van der Waals surface area contributed by atoms with E-state index < -0.39 is 5.91 Å². The fraction of sp³-hybridized carbons (Fsp3) is 0.0556. The van der Waals surface area contributed by atoms with Crippen LogP contribution in [0, 0.1) is 0 Å². The van der Waals surface area contributed by atoms with Gasteiger partial charge in [-0.25, -0.2) is 5.43 Å². The summed E-state index contributed by atoms with van der Waals surface area (Å²) >= 11 is 12.6. The van der Waals surface area contributed by atoms with Crippen molar-refractivity contribution in [3.05, 3.63) is 79.5 Å². The molecule has 3 aromatic rings. The molecule has 0 unspecified atom stereocenters. The maximum Gasteiger partial charge on any atom is 0.293 e. The predicted molar refractivity (Wildman–Crippen MR) is 111 cm³/mol. The summed E-state index contributed by atoms with van der Waals surface area (Å²) in [5.41, 5.74) is 4.03. The lowest BCUT2D eigenvalue weighted by atomic mass is 10.2. The first-order valence-electron chi connectivity index (χ1n) is 7.71. The Hall–Kier alpha value is -2.16. The van der Waals surface area contributed by atoms with Gasteiger partial charge in [-0.05, 0) is 51.8 Å². The molecule has 0 radical (unpaired) electrons. The van der Waals surface area contributed by atoms with Crippen LogP contribution < -0.4 is 5.43 Å². The van der Waals surface area contributed by atoms with E-state index in [2.05, 4.69) is 47.5 Å². The minimum atomic E-state index is -0.478. The summed E-state index contributed by atoms with van der Waals surface area (Å²) in [6.07, 6.45) is 3.04. The molecule has 0 fully saturated rings. The number of hydrogen-bond acceptors (Lipinski definition) is 4. The van der Waals surface area contributed by atoms with Gasteiger partial charge in [0.15, 0.2) is 5.69 Å². The normalized spacial score (nSPS) is 11.1. The molecule has 0 aliphatic carbocycles. The van der Waals surface area contributed by atoms with Crippen LogP contribution in [0.25, 0.3) is 0 Å². The van der Waals surface area contributed by atoms with Gasteiger partial charge in [0.25, 0.3) is 5.91 Å². The van der Waals surface area contributed by atoms with Gasteiger partial charge in [0.1, 0.15) is 5.75 Å². The Kier molecular flexibility index (Phi) is 6.30. The van der Waals surface area contributed by atoms with Crippen molar-refractivity contribution in [3.63, 3.8) is 0 Å². The minimum absolute atomic E-state index is 0.0114. The van der Waals surface area contributed by atoms with Gasteiger partial charge in [-0.1, -0.05) is 39.7 Å². The number of hydrazone groups is 1. The first-order chi connectivity index (χ1) is 12.9. The molecular weight excluding hydrogens is 499 g/mol. The number of hydrogen-bond donors (Lipinski definition) is 2. The monoisotopic (exact) mass is 510 g/mol. The minimum Gasteiger partial charge on any atom is -0.507 e. The highest BCUT2D eigenvalue weighted by atomic mass is 79.9. The SMILES string of the molecule is O=C(N/N=C\c1cc(Cl)ccc1O)c1nn(Cc2ccc(Br)cc2)cc1Br. The zero-order valence-corrected chi connectivity index (χ0v) is 17.7. The van der Waals surface area contributed by atoms with E-state index in [1.807, 2.05) is 24.3 Å². The molecule has 0 aliphatic heterocycles. The van der Waals surface area contributed by atoms with Gasteiger partial charge in [-0.2, -0.15) is 10.2 Å². The molecule has 138 valence electrons. The van der Waals surface area contributed by atoms with E-state index in [-0.39, 0.29) is 11.4 Å². The zero-order chi connectivity index (χ0) is 19.4. The zero-order valence-electron chi connectivity index (χ0n) is 13.7. The number of benzene rings is 2. The molecule has 2 aromatic carbocycles. The molecule has 6 nitrogen and oxygen atoms in total. The lowest BCUT2D eigenvalue weighted by molar-refractivity contribution is 0.0948. The molecule has 1 heterocycles. The van der Waals surface area contributed by atoms with Crippen molar-refractivity contribution in [1.82, 2.24) is 15.2 Å². The van der Waals surface area contributed by atoms with E-state index in [9.17, 15) is 9.90 Å². The molecular formula is C18H13Br2ClN4O2. The third kappa shape index (κ3) is 5.18. The smallest absolute Gasteiger partial charge is 0.293 e. The highest BCUT2D eigenvalue weighted by Crippen LogP contribution is 2.20. The molecule has 0 aliphatic rings. The van der Waals surface area contributed by atoms with Crippen LogP contribution in [0.5, 0.6) is 5.75 Å². The Morgan fingerprint density at radius 2 is 2.00 bits per heavy atom. The Bertz CT molecular complexity index is 1000. The van der Waals surface area contributed by atoms with Crippen molar-refractivity contribution in [2.75, 3.05) is 0 Å². The van der Waals surface area contributed by atoms with Gasteiger partial charge in [0.05, 0.1) is 17.2 Å². The molecule has 1 amide bonds. The summed E-state index contributed by atoms with van der Waals surface area (Å²) in [6, 6.07) is 12.4. The topological polar surface area (TPSA) is 79.5 Å². The number of phenolic OH excluding ortho intramolecular Hbond substituents is 1. The summed E-state index contributed by atoms with van der Waals surface area (Å²) in [4.78, 5) is 12.3. The standard InChI is InChI=1S/C18H13Br2ClN4O2/c19-13-3-1-11(2-4-13)9-25-10-15(20)17(24-25)18(27)23-22-8-12-7-14(21)5-6-16(12)26/h1-8,10,26H,9H2,(H,23,27)/b22-8-. The number of nitrogens with one attached hydrogen (secondary N) is 1. The highest BCUT2D eigenvalue weighted by molar-refractivity contribution is 9.10. The summed E-state index contributed by atoms with van der Waals surface area (Å²) in [7, 11) is 0. The van der Waals surface area contributed by atoms with Gasteiger partial charge < -0.3 is 5.11 Å². The Balaban J connectivity index is 1.68. The summed E-state index contributed by atoms with van der Waals surface area (Å²) in [5.74, 6) is -0.466. The van der Waals surface area contributed by atoms with E-state index >= 15 is 0 Å². The Labute approximate surface area is 177 Å². The van der Waals surface area contributed by atoms with Gasteiger partial charge in [-0.3, -0.25) is 9.48 Å². The van der Waals surface area contributed by atoms with Crippen LogP contribution in [-0.2, 0) is 6.54 Å². The molecule has 0 atom stereocenters. The first-order valence-corrected chi connectivity index (χ1v) is 9.68. The number of rotatable bonds is 5. The van der Waals surface area contributed by atoms with Crippen molar-refractivity contribution in [3.8, 4) is 5.75 Å². The van der Waals surface area contributed by atoms with Crippen LogP contribution in [0.3, 0.4) is 0 Å². The fourth-order valence-electron chi connectivity index (χ4n) is 2.25. The van der Waals surface area contributed by atoms with Crippen molar-refractivity contribution < 1.29 is 9.90 Å². The maximum atomic E-state index is 12.3. The second-order valence-corrected chi connectivity index (χ2v) is 7.76. The van der Waals surface area contributed by atoms with E-state index in [0.717, 1.165) is 10.0 Å². The van der Waals surface area contributed by atoms with Gasteiger partial charge in [0.2, 0.25) is 0 Å². The number of phenols is 1. The maximum absolute atomic E-state index is 12.3. The van der Waals surface area contributed by atoms with Crippen LogP contribution in [-0.4, -0.2) is 27.0 Å². The number of aromatic hydroxyl groups is 1. The Morgan fingerprint density at radius 1 is 1.26 bits per heavy atom. The second kappa shape index (κ2) is 8.69. The molecule has 1 aromatic heterocycles. The summed E-state index contributed by atoms with van der Waals surface area (Å²) in [6.45, 7) is 0.527. The quantitative estimate of drug-likeness (QED) is 0.388. The molecule has 0 bridgehead atoms. The molecule has 27 heavy (non-hydrogen) atoms. The Morgan fingerprint density at radius 3 is 2.74 bits per heavy atom. The molecule has 9 heteroatoms. The van der Waals surface area contributed by atoms with Gasteiger partial charge >= 0.3 is 0 Å². The van der Waals surface area contributed by atoms with Crippen molar-refractivity contribution in [2.45, 2.75) is 6.54 Å². The van der Waals surface area contributed by atoms with Crippen LogP contribution in [0.15, 0.2) is 62.7 Å². The van der Waals surface area contributed by atoms with Crippen molar-refractivity contribution in [2.24, 2.45) is 5.10 Å². The molecule has 3 rings (SSSR count). The van der Waals surface area contributed by atoms with E-state index in [4.69, 9.17) is 11.6 Å². The van der Waals surface area contributed by atoms with E-state index in [0.29, 0.717) is 21.6 Å². The van der Waals surface area contributed by atoms with Gasteiger partial charge in [-0.15, -0.1) is 0 Å². The fourth-order valence-corrected chi connectivity index (χ4v) is 3.19. The van der Waals surface area contributed by atoms with E-state index in [1.54, 1.807) is 16.9 Å². The number of nitrogens with zero attached hydrogens (tertiary/aromatic N) is 3. The average Bonchev–Trinajstić information content (AvgIpc) is 3.00. The third-order valence-electron chi connectivity index (χ3n) is 3.55. The van der Waals surface area contributed by atoms with Crippen molar-refractivity contribution >= 4 is 55.6 Å². The van der Waals surface area contributed by atoms with Crippen LogP contribution in [0.2, 0.25) is 5.02 Å². The van der Waals surface area contributed by atoms with Gasteiger partial charge in [0, 0.05) is 21.3 Å². The van der Waals surface area contributed by atoms with Crippen LogP contribution >= 0.6 is 43.5 Å². The number of aromatic nitrogens is 2. The highest BCUT2D eigenvalue weighted by Gasteiger charge is 2.15. The predicted octanol–water partition coefficient (Wildman–Crippen LogP) is 4.58. The lowest BCUT2D eigenvalue weighted by Gasteiger charge is -2.02. The molecule has 0 saturated carbocycles. The summed E-state index contributed by atoms with van der Waals surface area (Å²) < 4.78 is 3.21. The van der Waals surface area contributed by atoms with Crippen LogP contribution in [0.4, 0.5) is 0 Å². The lowest BCUT2D eigenvalue weighted by Crippen LogP contribution is -2.19. The second-order valence-electron chi connectivity index (χ2n) is 5.55. The number of amides is 1. The first kappa shape index (κ1) is 19.6. The molecule has 0 saturated heterocycles. The average molecular weight is 513 g/mol. The molecule has 0 spiro atoms. The van der Waals surface area contributed by atoms with Crippen molar-refractivity contribution in [1.29, 1.82) is 0 Å². The molecule has 2 N–H and O–H groups in total. The number of carbonyl (C=O) groups is 1. The summed E-state index contributed by atoms with van der Waals surface area (Å²) in [5, 5.41) is 18.3. The van der Waals surface area contributed by atoms with E-state index in [1.165, 1.54) is 18.3 Å². The third-order valence-corrected chi connectivity index (χ3v) is 4.89. The van der Waals surface area contributed by atoms with Crippen LogP contribution in [0.1, 0.15) is 21.6 Å². The largest absolute Gasteiger partial charge is 0.507 e. The number of carbonyl (C=O) groups excluding carboxylic acids is 1. The number of halogens is 3.